The van der Waals surface area contributed by atoms with E-state index in [-0.39, 0.29) is 0 Å². The van der Waals surface area contributed by atoms with E-state index in [1.165, 1.54) is 4.70 Å². The van der Waals surface area contributed by atoms with Crippen LogP contribution in [-0.2, 0) is 0 Å². The summed E-state index contributed by atoms with van der Waals surface area (Å²) in [5, 5.41) is 12.9. The third-order valence-electron chi connectivity index (χ3n) is 11.2. The first-order valence-corrected chi connectivity index (χ1v) is 20.5. The van der Waals surface area contributed by atoms with Crippen molar-refractivity contribution < 1.29 is 4.42 Å². The maximum atomic E-state index is 9.78. The molecule has 4 aromatic heterocycles. The predicted octanol–water partition coefficient (Wildman–Crippen LogP) is 13.8. The van der Waals surface area contributed by atoms with Gasteiger partial charge in [0.25, 0.3) is 0 Å². The second kappa shape index (κ2) is 14.1. The van der Waals surface area contributed by atoms with Gasteiger partial charge in [0.2, 0.25) is 0 Å². The first kappa shape index (κ1) is 34.7. The number of nitrogens with zero attached hydrogens (tertiary/aromatic N) is 5. The minimum Gasteiger partial charge on any atom is -0.455 e. The number of furan rings is 1. The van der Waals surface area contributed by atoms with Crippen molar-refractivity contribution in [1.82, 2.24) is 19.9 Å². The standard InChI is InChI=1S/C52H33N5OS/c1-31-45(34-25-23-32(24-26-34)38-18-9-8-17-37(38)30-53)54-51(35-15-6-3-7-16-35)55-46(31)36-27-28-43-42(29-36)39-20-12-21-41(49(39)58-43)52-56-47(33-13-4-2-5-14-33)50-48(57-52)40-19-10-11-22-44(40)59-50/h2-7,9-16,18-29H,8,17H2,1H3. The molecule has 0 aliphatic heterocycles. The Bertz CT molecular complexity index is 3390. The monoisotopic (exact) mass is 775 g/mol. The van der Waals surface area contributed by atoms with E-state index in [0.29, 0.717) is 11.6 Å². The molecule has 7 heteroatoms. The summed E-state index contributed by atoms with van der Waals surface area (Å²) in [6.45, 7) is 2.09. The van der Waals surface area contributed by atoms with E-state index in [9.17, 15) is 5.26 Å². The average molecular weight is 776 g/mol. The number of hydrogen-bond donors (Lipinski definition) is 0. The topological polar surface area (TPSA) is 88.5 Å². The number of para-hydroxylation sites is 1. The molecule has 6 aromatic carbocycles. The summed E-state index contributed by atoms with van der Waals surface area (Å²) in [7, 11) is 0. The normalized spacial score (nSPS) is 12.9. The fraction of sp³-hybridized carbons (Fsp3) is 0.0577. The van der Waals surface area contributed by atoms with Crippen LogP contribution in [0.1, 0.15) is 24.0 Å². The Morgan fingerprint density at radius 2 is 1.25 bits per heavy atom. The van der Waals surface area contributed by atoms with Crippen LogP contribution in [0.5, 0.6) is 0 Å². The van der Waals surface area contributed by atoms with Crippen molar-refractivity contribution in [2.45, 2.75) is 19.8 Å². The predicted molar refractivity (Wildman–Crippen MR) is 241 cm³/mol. The number of rotatable bonds is 6. The fourth-order valence-corrected chi connectivity index (χ4v) is 9.43. The lowest BCUT2D eigenvalue weighted by molar-refractivity contribution is 0.669. The number of aromatic nitrogens is 4. The molecule has 4 heterocycles. The molecule has 0 amide bonds. The molecule has 0 saturated carbocycles. The van der Waals surface area contributed by atoms with Crippen LogP contribution in [0.25, 0.3) is 104 Å². The zero-order valence-electron chi connectivity index (χ0n) is 32.0. The number of thiophene rings is 1. The molecule has 11 rings (SSSR count). The third-order valence-corrected chi connectivity index (χ3v) is 12.4. The fourth-order valence-electron chi connectivity index (χ4n) is 8.28. The molecule has 0 saturated heterocycles. The van der Waals surface area contributed by atoms with E-state index in [4.69, 9.17) is 24.4 Å². The van der Waals surface area contributed by atoms with Crippen molar-refractivity contribution >= 4 is 59.2 Å². The van der Waals surface area contributed by atoms with E-state index in [0.717, 1.165) is 118 Å². The Kier molecular flexibility index (Phi) is 8.31. The molecule has 6 nitrogen and oxygen atoms in total. The molecule has 0 spiro atoms. The summed E-state index contributed by atoms with van der Waals surface area (Å²) in [5.74, 6) is 1.27. The Morgan fingerprint density at radius 3 is 2.05 bits per heavy atom. The molecule has 0 radical (unpaired) electrons. The van der Waals surface area contributed by atoms with E-state index < -0.39 is 0 Å². The quantitative estimate of drug-likeness (QED) is 0.167. The summed E-state index contributed by atoms with van der Waals surface area (Å²) >= 11 is 1.73. The first-order valence-electron chi connectivity index (χ1n) is 19.7. The van der Waals surface area contributed by atoms with Gasteiger partial charge in [-0.25, -0.2) is 19.9 Å². The van der Waals surface area contributed by atoms with Crippen molar-refractivity contribution in [3.63, 3.8) is 0 Å². The molecule has 10 aromatic rings. The van der Waals surface area contributed by atoms with Gasteiger partial charge in [-0.3, -0.25) is 0 Å². The van der Waals surface area contributed by atoms with Gasteiger partial charge >= 0.3 is 0 Å². The van der Waals surface area contributed by atoms with Gasteiger partial charge in [0.15, 0.2) is 11.6 Å². The highest BCUT2D eigenvalue weighted by atomic mass is 32.1. The maximum Gasteiger partial charge on any atom is 0.164 e. The van der Waals surface area contributed by atoms with Crippen LogP contribution in [0, 0.1) is 18.3 Å². The molecule has 1 aliphatic carbocycles. The van der Waals surface area contributed by atoms with Crippen molar-refractivity contribution in [3.05, 3.63) is 174 Å². The molecule has 0 fully saturated rings. The van der Waals surface area contributed by atoms with Crippen LogP contribution in [-0.4, -0.2) is 19.9 Å². The zero-order valence-corrected chi connectivity index (χ0v) is 32.8. The van der Waals surface area contributed by atoms with Gasteiger partial charge in [-0.1, -0.05) is 127 Å². The first-order chi connectivity index (χ1) is 29.1. The lowest BCUT2D eigenvalue weighted by Crippen LogP contribution is -2.00. The van der Waals surface area contributed by atoms with E-state index in [2.05, 4.69) is 128 Å². The number of fused-ring (bicyclic) bond motifs is 6. The minimum absolute atomic E-state index is 0.624. The summed E-state index contributed by atoms with van der Waals surface area (Å²) in [4.78, 5) is 20.9. The highest BCUT2D eigenvalue weighted by Crippen LogP contribution is 2.42. The number of hydrogen-bond acceptors (Lipinski definition) is 7. The van der Waals surface area contributed by atoms with Crippen LogP contribution in [0.3, 0.4) is 0 Å². The number of benzene rings is 6. The molecule has 0 N–H and O–H groups in total. The van der Waals surface area contributed by atoms with Gasteiger partial charge in [-0.15, -0.1) is 11.3 Å². The van der Waals surface area contributed by atoms with Crippen LogP contribution >= 0.6 is 11.3 Å². The summed E-state index contributed by atoms with van der Waals surface area (Å²) < 4.78 is 8.96. The van der Waals surface area contributed by atoms with E-state index >= 15 is 0 Å². The SMILES string of the molecule is Cc1c(-c2ccc(C3=C(C#N)CCC=C3)cc2)nc(-c2ccccc2)nc1-c1ccc2oc3c(-c4nc(-c5ccccc5)c5sc6ccccc6c5n4)cccc3c2c1. The highest BCUT2D eigenvalue weighted by Gasteiger charge is 2.22. The van der Waals surface area contributed by atoms with Crippen LogP contribution in [0.15, 0.2) is 168 Å². The molecule has 1 aliphatic rings. The largest absolute Gasteiger partial charge is 0.455 e. The Morgan fingerprint density at radius 1 is 0.593 bits per heavy atom. The minimum atomic E-state index is 0.624. The Hall–Kier alpha value is -7.53. The maximum absolute atomic E-state index is 9.78. The van der Waals surface area contributed by atoms with Crippen molar-refractivity contribution in [3.8, 4) is 62.6 Å². The van der Waals surface area contributed by atoms with Crippen LogP contribution in [0.4, 0.5) is 0 Å². The van der Waals surface area contributed by atoms with Crippen LogP contribution in [0.2, 0.25) is 0 Å². The van der Waals surface area contributed by atoms with Gasteiger partial charge < -0.3 is 4.42 Å². The summed E-state index contributed by atoms with van der Waals surface area (Å²) in [5.41, 5.74) is 13.7. The summed E-state index contributed by atoms with van der Waals surface area (Å²) in [6, 6.07) is 52.2. The van der Waals surface area contributed by atoms with Crippen molar-refractivity contribution in [1.29, 1.82) is 5.26 Å². The Balaban J connectivity index is 1.06. The molecular formula is C52H33N5OS. The molecule has 278 valence electrons. The van der Waals surface area contributed by atoms with Gasteiger partial charge in [-0.2, -0.15) is 5.26 Å². The molecule has 0 unspecified atom stereocenters. The van der Waals surface area contributed by atoms with Crippen molar-refractivity contribution in [2.24, 2.45) is 0 Å². The van der Waals surface area contributed by atoms with Gasteiger partial charge in [-0.05, 0) is 61.2 Å². The van der Waals surface area contributed by atoms with E-state index in [1.807, 2.05) is 42.5 Å². The van der Waals surface area contributed by atoms with Gasteiger partial charge in [0, 0.05) is 54.2 Å². The van der Waals surface area contributed by atoms with Crippen LogP contribution < -0.4 is 0 Å². The molecule has 59 heavy (non-hydrogen) atoms. The van der Waals surface area contributed by atoms with Crippen molar-refractivity contribution in [2.75, 3.05) is 0 Å². The average Bonchev–Trinajstić information content (AvgIpc) is 3.88. The molecular weight excluding hydrogens is 743 g/mol. The lowest BCUT2D eigenvalue weighted by atomic mass is 9.92. The van der Waals surface area contributed by atoms with Gasteiger partial charge in [0.05, 0.1) is 38.9 Å². The van der Waals surface area contributed by atoms with E-state index in [1.54, 1.807) is 11.3 Å². The third kappa shape index (κ3) is 5.92. The molecule has 0 bridgehead atoms. The second-order valence-corrected chi connectivity index (χ2v) is 15.8. The summed E-state index contributed by atoms with van der Waals surface area (Å²) in [6.07, 6.45) is 5.86. The zero-order chi connectivity index (χ0) is 39.5. The second-order valence-electron chi connectivity index (χ2n) is 14.8. The highest BCUT2D eigenvalue weighted by molar-refractivity contribution is 7.26. The lowest BCUT2D eigenvalue weighted by Gasteiger charge is -2.15. The molecule has 0 atom stereocenters. The van der Waals surface area contributed by atoms with Gasteiger partial charge in [0.1, 0.15) is 11.2 Å². The Labute approximate surface area is 344 Å². The number of nitriles is 1. The smallest absolute Gasteiger partial charge is 0.164 e. The number of allylic oxidation sites excluding steroid dienone is 4.